The van der Waals surface area contributed by atoms with Crippen LogP contribution in [-0.4, -0.2) is 0 Å². The maximum Gasteiger partial charge on any atom is 0.135 e. The minimum absolute atomic E-state index is 0.689. The first-order chi connectivity index (χ1) is 10.2. The molecule has 0 N–H and O–H groups in total. The van der Waals surface area contributed by atoms with E-state index in [1.165, 1.54) is 0 Å². The molecule has 0 saturated heterocycles. The smallest absolute Gasteiger partial charge is 0.135 e. The van der Waals surface area contributed by atoms with Gasteiger partial charge < -0.3 is 4.42 Å². The predicted octanol–water partition coefficient (Wildman–Crippen LogP) is 6.20. The van der Waals surface area contributed by atoms with E-state index in [9.17, 15) is 0 Å². The highest BCUT2D eigenvalue weighted by Gasteiger charge is 2.08. The maximum atomic E-state index is 6.12. The fourth-order valence-electron chi connectivity index (χ4n) is 2.65. The monoisotopic (exact) mass is 310 g/mol. The van der Waals surface area contributed by atoms with Crippen molar-refractivity contribution in [3.63, 3.8) is 0 Å². The minimum Gasteiger partial charge on any atom is -0.456 e. The SMILES string of the molecule is Sc1cc(Cl)cc(-c2ccc3oc4ccccc4c3c2)c1. The van der Waals surface area contributed by atoms with E-state index in [2.05, 4.69) is 24.8 Å². The van der Waals surface area contributed by atoms with Crippen LogP contribution in [0.5, 0.6) is 0 Å². The lowest BCUT2D eigenvalue weighted by atomic mass is 10.0. The van der Waals surface area contributed by atoms with Crippen LogP contribution in [0.15, 0.2) is 70.0 Å². The van der Waals surface area contributed by atoms with Crippen molar-refractivity contribution in [2.24, 2.45) is 0 Å². The Morgan fingerprint density at radius 1 is 0.762 bits per heavy atom. The van der Waals surface area contributed by atoms with Crippen molar-refractivity contribution in [1.82, 2.24) is 0 Å². The highest BCUT2D eigenvalue weighted by molar-refractivity contribution is 7.80. The lowest BCUT2D eigenvalue weighted by Gasteiger charge is -2.04. The average Bonchev–Trinajstić information content (AvgIpc) is 2.84. The largest absolute Gasteiger partial charge is 0.456 e. The van der Waals surface area contributed by atoms with Crippen LogP contribution < -0.4 is 0 Å². The number of halogens is 1. The number of fused-ring (bicyclic) bond motifs is 3. The Balaban J connectivity index is 1.99. The second-order valence-electron chi connectivity index (χ2n) is 5.01. The van der Waals surface area contributed by atoms with Gasteiger partial charge in [-0.15, -0.1) is 12.6 Å². The van der Waals surface area contributed by atoms with Gasteiger partial charge in [0.05, 0.1) is 0 Å². The lowest BCUT2D eigenvalue weighted by molar-refractivity contribution is 0.669. The second kappa shape index (κ2) is 4.83. The molecular formula is C18H11ClOS. The van der Waals surface area contributed by atoms with E-state index in [0.717, 1.165) is 38.0 Å². The van der Waals surface area contributed by atoms with Crippen molar-refractivity contribution in [3.05, 3.63) is 65.7 Å². The van der Waals surface area contributed by atoms with Crippen molar-refractivity contribution in [1.29, 1.82) is 0 Å². The van der Waals surface area contributed by atoms with E-state index in [-0.39, 0.29) is 0 Å². The Kier molecular flexibility index (Phi) is 2.95. The van der Waals surface area contributed by atoms with Gasteiger partial charge in [-0.1, -0.05) is 35.9 Å². The number of hydrogen-bond acceptors (Lipinski definition) is 2. The summed E-state index contributed by atoms with van der Waals surface area (Å²) in [5.41, 5.74) is 3.96. The number of benzene rings is 3. The van der Waals surface area contributed by atoms with E-state index in [1.54, 1.807) is 0 Å². The van der Waals surface area contributed by atoms with E-state index in [1.807, 2.05) is 48.5 Å². The molecule has 4 aromatic rings. The third-order valence-corrected chi connectivity index (χ3v) is 4.07. The molecule has 102 valence electrons. The summed E-state index contributed by atoms with van der Waals surface area (Å²) in [6.07, 6.45) is 0. The van der Waals surface area contributed by atoms with Crippen molar-refractivity contribution in [2.45, 2.75) is 4.90 Å². The van der Waals surface area contributed by atoms with Gasteiger partial charge in [-0.2, -0.15) is 0 Å². The van der Waals surface area contributed by atoms with Crippen molar-refractivity contribution in [2.75, 3.05) is 0 Å². The fraction of sp³-hybridized carbons (Fsp3) is 0. The van der Waals surface area contributed by atoms with Crippen LogP contribution in [-0.2, 0) is 0 Å². The molecule has 0 amide bonds. The Morgan fingerprint density at radius 3 is 2.43 bits per heavy atom. The topological polar surface area (TPSA) is 13.1 Å². The fourth-order valence-corrected chi connectivity index (χ4v) is 3.24. The molecule has 1 aromatic heterocycles. The highest BCUT2D eigenvalue weighted by atomic mass is 35.5. The first kappa shape index (κ1) is 12.8. The molecule has 1 nitrogen and oxygen atoms in total. The molecule has 0 aliphatic heterocycles. The average molecular weight is 311 g/mol. The van der Waals surface area contributed by atoms with Gasteiger partial charge in [0.2, 0.25) is 0 Å². The molecule has 0 fully saturated rings. The first-order valence-corrected chi connectivity index (χ1v) is 7.44. The van der Waals surface area contributed by atoms with Gasteiger partial charge in [-0.3, -0.25) is 0 Å². The van der Waals surface area contributed by atoms with Gasteiger partial charge >= 0.3 is 0 Å². The van der Waals surface area contributed by atoms with E-state index < -0.39 is 0 Å². The van der Waals surface area contributed by atoms with Crippen LogP contribution in [0, 0.1) is 0 Å². The lowest BCUT2D eigenvalue weighted by Crippen LogP contribution is -1.79. The summed E-state index contributed by atoms with van der Waals surface area (Å²) in [6, 6.07) is 20.1. The van der Waals surface area contributed by atoms with Crippen molar-refractivity contribution in [3.8, 4) is 11.1 Å². The summed E-state index contributed by atoms with van der Waals surface area (Å²) in [5.74, 6) is 0. The molecule has 0 bridgehead atoms. The van der Waals surface area contributed by atoms with Gasteiger partial charge in [0.15, 0.2) is 0 Å². The molecule has 0 spiro atoms. The standard InChI is InChI=1S/C18H11ClOS/c19-13-7-12(8-14(21)10-13)11-5-6-18-16(9-11)15-3-1-2-4-17(15)20-18/h1-10,21H. The summed E-state index contributed by atoms with van der Waals surface area (Å²) in [7, 11) is 0. The Labute approximate surface area is 132 Å². The van der Waals surface area contributed by atoms with Crippen LogP contribution in [0.1, 0.15) is 0 Å². The van der Waals surface area contributed by atoms with Crippen LogP contribution in [0.3, 0.4) is 0 Å². The summed E-state index contributed by atoms with van der Waals surface area (Å²) in [5, 5.41) is 2.93. The molecule has 1 heterocycles. The predicted molar refractivity (Wildman–Crippen MR) is 91.4 cm³/mol. The molecule has 4 rings (SSSR count). The summed E-state index contributed by atoms with van der Waals surface area (Å²) in [4.78, 5) is 0.856. The highest BCUT2D eigenvalue weighted by Crippen LogP contribution is 2.33. The summed E-state index contributed by atoms with van der Waals surface area (Å²) >= 11 is 10.5. The van der Waals surface area contributed by atoms with Crippen molar-refractivity contribution >= 4 is 46.2 Å². The van der Waals surface area contributed by atoms with Gasteiger partial charge in [0.25, 0.3) is 0 Å². The van der Waals surface area contributed by atoms with Gasteiger partial charge in [0, 0.05) is 20.7 Å². The number of furan rings is 1. The quantitative estimate of drug-likeness (QED) is 0.413. The maximum absolute atomic E-state index is 6.12. The number of hydrogen-bond donors (Lipinski definition) is 1. The molecule has 0 saturated carbocycles. The Morgan fingerprint density at radius 2 is 1.57 bits per heavy atom. The summed E-state index contributed by atoms with van der Waals surface area (Å²) < 4.78 is 5.85. The third-order valence-electron chi connectivity index (χ3n) is 3.59. The molecule has 0 unspecified atom stereocenters. The minimum atomic E-state index is 0.689. The van der Waals surface area contributed by atoms with Crippen molar-refractivity contribution < 1.29 is 4.42 Å². The van der Waals surface area contributed by atoms with E-state index >= 15 is 0 Å². The zero-order valence-corrected chi connectivity index (χ0v) is 12.7. The van der Waals surface area contributed by atoms with Crippen LogP contribution in [0.25, 0.3) is 33.1 Å². The molecule has 0 atom stereocenters. The number of thiol groups is 1. The summed E-state index contributed by atoms with van der Waals surface area (Å²) in [6.45, 7) is 0. The molecule has 0 aliphatic carbocycles. The second-order valence-corrected chi connectivity index (χ2v) is 5.96. The van der Waals surface area contributed by atoms with Gasteiger partial charge in [-0.05, 0) is 47.5 Å². The Hall–Kier alpha value is -1.90. The molecule has 3 aromatic carbocycles. The van der Waals surface area contributed by atoms with Gasteiger partial charge in [-0.25, -0.2) is 0 Å². The van der Waals surface area contributed by atoms with Crippen LogP contribution in [0.2, 0.25) is 5.02 Å². The molecular weight excluding hydrogens is 300 g/mol. The molecule has 0 radical (unpaired) electrons. The first-order valence-electron chi connectivity index (χ1n) is 6.62. The van der Waals surface area contributed by atoms with Crippen LogP contribution in [0.4, 0.5) is 0 Å². The third kappa shape index (κ3) is 2.21. The zero-order valence-electron chi connectivity index (χ0n) is 11.0. The number of rotatable bonds is 1. The van der Waals surface area contributed by atoms with E-state index in [4.69, 9.17) is 16.0 Å². The normalized spacial score (nSPS) is 11.3. The van der Waals surface area contributed by atoms with Gasteiger partial charge in [0.1, 0.15) is 11.2 Å². The Bertz CT molecular complexity index is 951. The zero-order chi connectivity index (χ0) is 14.4. The van der Waals surface area contributed by atoms with Crippen LogP contribution >= 0.6 is 24.2 Å². The number of para-hydroxylation sites is 1. The molecule has 0 aliphatic rings. The molecule has 21 heavy (non-hydrogen) atoms. The molecule has 3 heteroatoms. The van der Waals surface area contributed by atoms with E-state index in [0.29, 0.717) is 5.02 Å².